The van der Waals surface area contributed by atoms with Gasteiger partial charge in [0.2, 0.25) is 5.78 Å². The van der Waals surface area contributed by atoms with E-state index in [1.807, 2.05) is 24.5 Å². The number of carbonyl (C=O) groups is 2. The highest BCUT2D eigenvalue weighted by molar-refractivity contribution is 5.97. The Hall–Kier alpha value is -3.09. The summed E-state index contributed by atoms with van der Waals surface area (Å²) < 4.78 is 35.5. The lowest BCUT2D eigenvalue weighted by atomic mass is 10.1. The number of fused-ring (bicyclic) bond motifs is 1. The molecule has 28 heavy (non-hydrogen) atoms. The number of esters is 1. The molecule has 0 aliphatic carbocycles. The molecule has 0 saturated heterocycles. The monoisotopic (exact) mass is 387 g/mol. The number of halogens is 2. The summed E-state index contributed by atoms with van der Waals surface area (Å²) in [6.07, 6.45) is 0. The van der Waals surface area contributed by atoms with Crippen LogP contribution in [0.3, 0.4) is 0 Å². The number of imidazole rings is 1. The van der Waals surface area contributed by atoms with Gasteiger partial charge in [-0.25, -0.2) is 22.7 Å². The van der Waals surface area contributed by atoms with Gasteiger partial charge < -0.3 is 4.74 Å². The van der Waals surface area contributed by atoms with Gasteiger partial charge in [0.25, 0.3) is 5.82 Å². The van der Waals surface area contributed by atoms with Crippen LogP contribution in [-0.4, -0.2) is 22.9 Å². The Morgan fingerprint density at radius 2 is 1.75 bits per heavy atom. The maximum absolute atomic E-state index is 13.5. The number of rotatable bonds is 6. The molecule has 7 heteroatoms. The zero-order valence-corrected chi connectivity index (χ0v) is 16.0. The summed E-state index contributed by atoms with van der Waals surface area (Å²) in [4.78, 5) is 24.8. The van der Waals surface area contributed by atoms with Crippen LogP contribution in [0.1, 0.15) is 40.4 Å². The minimum Gasteiger partial charge on any atom is -0.462 e. The highest BCUT2D eigenvalue weighted by Gasteiger charge is 2.25. The molecule has 0 aliphatic heterocycles. The average Bonchev–Trinajstić information content (AvgIpc) is 2.94. The highest BCUT2D eigenvalue weighted by atomic mass is 19.2. The molecule has 0 fully saturated rings. The third-order valence-electron chi connectivity index (χ3n) is 4.71. The quantitative estimate of drug-likeness (QED) is 0.369. The number of hydrogen-bond acceptors (Lipinski definition) is 3. The van der Waals surface area contributed by atoms with Crippen molar-refractivity contribution in [1.29, 1.82) is 0 Å². The first-order chi connectivity index (χ1) is 13.4. The summed E-state index contributed by atoms with van der Waals surface area (Å²) in [7, 11) is 0. The Bertz CT molecular complexity index is 1070. The van der Waals surface area contributed by atoms with Crippen LogP contribution < -0.4 is 4.57 Å². The Labute approximate surface area is 161 Å². The second kappa shape index (κ2) is 7.88. The fourth-order valence-electron chi connectivity index (χ4n) is 3.31. The highest BCUT2D eigenvalue weighted by Crippen LogP contribution is 2.19. The van der Waals surface area contributed by atoms with Crippen LogP contribution in [0.5, 0.6) is 0 Å². The first kappa shape index (κ1) is 19.7. The summed E-state index contributed by atoms with van der Waals surface area (Å²) >= 11 is 0. The van der Waals surface area contributed by atoms with Crippen molar-refractivity contribution in [2.24, 2.45) is 0 Å². The third kappa shape index (κ3) is 3.52. The standard InChI is InChI=1S/C21H21F2N2O3/c1-4-24-13(3)25(12-20(26)14-6-8-16(22)17(23)10-14)19-11-15(7-9-18(19)24)21(27)28-5-2/h6-11H,4-5,12H2,1-3H3/q+1. The van der Waals surface area contributed by atoms with Crippen LogP contribution in [0.25, 0.3) is 11.0 Å². The van der Waals surface area contributed by atoms with E-state index in [-0.39, 0.29) is 24.5 Å². The number of aromatic nitrogens is 2. The normalized spacial score (nSPS) is 11.0. The Morgan fingerprint density at radius 1 is 1.04 bits per heavy atom. The van der Waals surface area contributed by atoms with Crippen LogP contribution in [0, 0.1) is 18.6 Å². The van der Waals surface area contributed by atoms with E-state index in [4.69, 9.17) is 4.74 Å². The number of hydrogen-bond donors (Lipinski definition) is 0. The van der Waals surface area contributed by atoms with E-state index in [0.717, 1.165) is 23.5 Å². The molecular weight excluding hydrogens is 366 g/mol. The molecule has 0 radical (unpaired) electrons. The first-order valence-electron chi connectivity index (χ1n) is 9.05. The van der Waals surface area contributed by atoms with Crippen LogP contribution >= 0.6 is 0 Å². The van der Waals surface area contributed by atoms with Crippen LogP contribution in [0.15, 0.2) is 36.4 Å². The van der Waals surface area contributed by atoms with E-state index >= 15 is 0 Å². The Kier molecular flexibility index (Phi) is 5.53. The SMILES string of the molecule is CCOC(=O)c1ccc2c(c1)n(CC(=O)c1ccc(F)c(F)c1)c(C)[n+]2CC. The van der Waals surface area contributed by atoms with E-state index in [1.54, 1.807) is 23.6 Å². The van der Waals surface area contributed by atoms with Crippen molar-refractivity contribution in [1.82, 2.24) is 4.57 Å². The lowest BCUT2D eigenvalue weighted by Crippen LogP contribution is -2.35. The molecule has 0 spiro atoms. The number of nitrogens with zero attached hydrogens (tertiary/aromatic N) is 2. The van der Waals surface area contributed by atoms with Crippen molar-refractivity contribution in [3.8, 4) is 0 Å². The number of carbonyl (C=O) groups excluding carboxylic acids is 2. The van der Waals surface area contributed by atoms with E-state index in [1.165, 1.54) is 6.07 Å². The van der Waals surface area contributed by atoms with Gasteiger partial charge in [0.15, 0.2) is 29.2 Å². The molecule has 0 bridgehead atoms. The first-order valence-corrected chi connectivity index (χ1v) is 9.05. The van der Waals surface area contributed by atoms with Gasteiger partial charge in [0, 0.05) is 18.6 Å². The van der Waals surface area contributed by atoms with Gasteiger partial charge in [0.05, 0.1) is 18.7 Å². The van der Waals surface area contributed by atoms with Gasteiger partial charge in [-0.05, 0) is 44.2 Å². The van der Waals surface area contributed by atoms with Gasteiger partial charge in [-0.3, -0.25) is 4.79 Å². The molecular formula is C21H21F2N2O3+. The lowest BCUT2D eigenvalue weighted by Gasteiger charge is -2.03. The number of benzene rings is 2. The predicted molar refractivity (Wildman–Crippen MR) is 99.2 cm³/mol. The molecule has 3 rings (SSSR count). The fraction of sp³-hybridized carbons (Fsp3) is 0.286. The second-order valence-corrected chi connectivity index (χ2v) is 6.35. The largest absolute Gasteiger partial charge is 0.462 e. The molecule has 1 aromatic heterocycles. The van der Waals surface area contributed by atoms with Crippen LogP contribution in [0.2, 0.25) is 0 Å². The van der Waals surface area contributed by atoms with Crippen LogP contribution in [0.4, 0.5) is 8.78 Å². The molecule has 2 aromatic carbocycles. The summed E-state index contributed by atoms with van der Waals surface area (Å²) in [5, 5.41) is 0. The van der Waals surface area contributed by atoms with E-state index in [9.17, 15) is 18.4 Å². The zero-order valence-electron chi connectivity index (χ0n) is 16.0. The fourth-order valence-corrected chi connectivity index (χ4v) is 3.31. The van der Waals surface area contributed by atoms with E-state index < -0.39 is 17.6 Å². The molecule has 0 amide bonds. The average molecular weight is 387 g/mol. The van der Waals surface area contributed by atoms with Crippen molar-refractivity contribution in [3.05, 3.63) is 65.0 Å². The third-order valence-corrected chi connectivity index (χ3v) is 4.71. The van der Waals surface area contributed by atoms with Gasteiger partial charge in [-0.15, -0.1) is 0 Å². The smallest absolute Gasteiger partial charge is 0.338 e. The van der Waals surface area contributed by atoms with Gasteiger partial charge in [-0.1, -0.05) is 0 Å². The van der Waals surface area contributed by atoms with Gasteiger partial charge in [0.1, 0.15) is 0 Å². The number of aryl methyl sites for hydroxylation is 1. The summed E-state index contributed by atoms with van der Waals surface area (Å²) in [6.45, 7) is 6.45. The summed E-state index contributed by atoms with van der Waals surface area (Å²) in [5.41, 5.74) is 2.04. The maximum atomic E-state index is 13.5. The number of Topliss-reactive ketones (excluding diaryl/α,β-unsaturated/α-hetero) is 1. The Morgan fingerprint density at radius 3 is 2.39 bits per heavy atom. The molecule has 0 aliphatic rings. The number of ether oxygens (including phenoxy) is 1. The van der Waals surface area contributed by atoms with E-state index in [2.05, 4.69) is 0 Å². The maximum Gasteiger partial charge on any atom is 0.338 e. The summed E-state index contributed by atoms with van der Waals surface area (Å²) in [5.74, 6) is -2.04. The van der Waals surface area contributed by atoms with Crippen molar-refractivity contribution in [3.63, 3.8) is 0 Å². The van der Waals surface area contributed by atoms with Crippen molar-refractivity contribution < 1.29 is 27.7 Å². The topological polar surface area (TPSA) is 52.2 Å². The van der Waals surface area contributed by atoms with Crippen molar-refractivity contribution in [2.45, 2.75) is 33.9 Å². The summed E-state index contributed by atoms with van der Waals surface area (Å²) in [6, 6.07) is 8.29. The minimum atomic E-state index is -1.06. The molecule has 0 atom stereocenters. The Balaban J connectivity index is 2.06. The van der Waals surface area contributed by atoms with Crippen molar-refractivity contribution >= 4 is 22.8 Å². The van der Waals surface area contributed by atoms with E-state index in [0.29, 0.717) is 17.6 Å². The predicted octanol–water partition coefficient (Wildman–Crippen LogP) is 3.59. The lowest BCUT2D eigenvalue weighted by molar-refractivity contribution is -0.674. The molecule has 5 nitrogen and oxygen atoms in total. The van der Waals surface area contributed by atoms with Gasteiger partial charge in [-0.2, -0.15) is 0 Å². The molecule has 1 heterocycles. The van der Waals surface area contributed by atoms with Gasteiger partial charge >= 0.3 is 5.97 Å². The second-order valence-electron chi connectivity index (χ2n) is 6.35. The molecule has 0 N–H and O–H groups in total. The molecule has 3 aromatic rings. The molecule has 0 unspecified atom stereocenters. The zero-order chi connectivity index (χ0) is 20.4. The minimum absolute atomic E-state index is 0.0628. The van der Waals surface area contributed by atoms with Crippen LogP contribution in [-0.2, 0) is 17.8 Å². The molecule has 146 valence electrons. The van der Waals surface area contributed by atoms with Crippen molar-refractivity contribution in [2.75, 3.05) is 6.61 Å². The molecule has 0 saturated carbocycles. The number of ketones is 1.